The fraction of sp³-hybridized carbons (Fsp3) is 0.143. The molecule has 0 unspecified atom stereocenters. The van der Waals surface area contributed by atoms with E-state index in [4.69, 9.17) is 8.22 Å². The van der Waals surface area contributed by atoms with E-state index in [0.29, 0.717) is 0 Å². The SMILES string of the molecule is [2H]c1c([2H])c(C([2H])([2H])[2H])c(I)c([2H])c1Br. The van der Waals surface area contributed by atoms with Gasteiger partial charge in [0.05, 0.1) is 4.11 Å². The highest BCUT2D eigenvalue weighted by Gasteiger charge is 1.91. The zero-order chi connectivity index (χ0) is 12.0. The van der Waals surface area contributed by atoms with Crippen LogP contribution in [0.5, 0.6) is 0 Å². The molecule has 1 rings (SSSR count). The van der Waals surface area contributed by atoms with Gasteiger partial charge < -0.3 is 0 Å². The average Bonchev–Trinajstić information content (AvgIpc) is 2.09. The summed E-state index contributed by atoms with van der Waals surface area (Å²) in [6.07, 6.45) is 0. The maximum Gasteiger partial charge on any atom is 0.0646 e. The van der Waals surface area contributed by atoms with Crippen molar-refractivity contribution in [3.63, 3.8) is 0 Å². The van der Waals surface area contributed by atoms with Gasteiger partial charge in [0, 0.05) is 12.2 Å². The van der Waals surface area contributed by atoms with Crippen molar-refractivity contribution in [2.75, 3.05) is 0 Å². The van der Waals surface area contributed by atoms with Crippen LogP contribution >= 0.6 is 38.5 Å². The highest BCUT2D eigenvalue weighted by Crippen LogP contribution is 2.16. The van der Waals surface area contributed by atoms with Crippen molar-refractivity contribution >= 4 is 38.5 Å². The summed E-state index contributed by atoms with van der Waals surface area (Å²) in [5, 5.41) is 0. The van der Waals surface area contributed by atoms with Crippen LogP contribution in [0.2, 0.25) is 0 Å². The zero-order valence-corrected chi connectivity index (χ0v) is 8.00. The standard InChI is InChI=1S/C7H6BrI/c1-5-2-3-6(8)4-7(5)9/h2-4H,1H3/i1D3,2D,3D,4D. The Bertz CT molecular complexity index is 384. The van der Waals surface area contributed by atoms with Gasteiger partial charge in [0.2, 0.25) is 0 Å². The Kier molecular flexibility index (Phi) is 0.942. The summed E-state index contributed by atoms with van der Waals surface area (Å²) in [5.74, 6) is 0. The predicted molar refractivity (Wildman–Crippen MR) is 51.6 cm³/mol. The summed E-state index contributed by atoms with van der Waals surface area (Å²) in [4.78, 5) is 0. The molecule has 0 aromatic heterocycles. The molecule has 0 aliphatic rings. The van der Waals surface area contributed by atoms with Gasteiger partial charge in [-0.15, -0.1) is 0 Å². The molecule has 0 saturated carbocycles. The first kappa shape index (κ1) is 2.81. The number of benzene rings is 1. The number of rotatable bonds is 0. The van der Waals surface area contributed by atoms with Gasteiger partial charge in [0.1, 0.15) is 0 Å². The van der Waals surface area contributed by atoms with E-state index in [1.54, 1.807) is 22.6 Å². The monoisotopic (exact) mass is 302 g/mol. The van der Waals surface area contributed by atoms with E-state index >= 15 is 0 Å². The highest BCUT2D eigenvalue weighted by molar-refractivity contribution is 14.1. The Labute approximate surface area is 85.4 Å². The first-order chi connectivity index (χ1) is 6.68. The van der Waals surface area contributed by atoms with Crippen LogP contribution in [-0.2, 0) is 0 Å². The quantitative estimate of drug-likeness (QED) is 0.645. The van der Waals surface area contributed by atoms with E-state index in [-0.39, 0.29) is 31.7 Å². The molecule has 0 aliphatic heterocycles. The number of hydrogen-bond donors (Lipinski definition) is 0. The van der Waals surface area contributed by atoms with Gasteiger partial charge in [-0.1, -0.05) is 22.0 Å². The molecule has 0 bridgehead atoms. The van der Waals surface area contributed by atoms with Crippen molar-refractivity contribution in [3.8, 4) is 0 Å². The molecule has 0 amide bonds. The molecule has 9 heavy (non-hydrogen) atoms. The van der Waals surface area contributed by atoms with Gasteiger partial charge >= 0.3 is 0 Å². The molecule has 0 atom stereocenters. The molecule has 0 aliphatic carbocycles. The lowest BCUT2D eigenvalue weighted by atomic mass is 10.2. The van der Waals surface area contributed by atoms with Crippen LogP contribution in [0.4, 0.5) is 0 Å². The summed E-state index contributed by atoms with van der Waals surface area (Å²) in [5.41, 5.74) is -0.221. The third kappa shape index (κ3) is 1.93. The molecule has 1 aromatic rings. The molecule has 0 radical (unpaired) electrons. The van der Waals surface area contributed by atoms with E-state index in [2.05, 4.69) is 15.9 Å². The second-order valence-electron chi connectivity index (χ2n) is 1.38. The smallest absolute Gasteiger partial charge is 0.0571 e. The fourth-order valence-electron chi connectivity index (χ4n) is 0.362. The van der Waals surface area contributed by atoms with Crippen molar-refractivity contribution in [2.45, 2.75) is 6.85 Å². The molecule has 1 aromatic carbocycles. The summed E-state index contributed by atoms with van der Waals surface area (Å²) in [6.45, 7) is -2.46. The van der Waals surface area contributed by atoms with Gasteiger partial charge in [0.25, 0.3) is 0 Å². The molecular formula is C7H6BrI. The topological polar surface area (TPSA) is 0 Å². The minimum atomic E-state index is -2.46. The van der Waals surface area contributed by atoms with Crippen LogP contribution in [-0.4, -0.2) is 0 Å². The van der Waals surface area contributed by atoms with Crippen LogP contribution in [0.25, 0.3) is 0 Å². The predicted octanol–water partition coefficient (Wildman–Crippen LogP) is 3.36. The Morgan fingerprint density at radius 3 is 3.22 bits per heavy atom. The molecular weight excluding hydrogens is 291 g/mol. The highest BCUT2D eigenvalue weighted by atomic mass is 127. The Hall–Kier alpha value is 0.430. The maximum absolute atomic E-state index is 7.59. The molecule has 0 heterocycles. The number of halogens is 2. The van der Waals surface area contributed by atoms with Crippen molar-refractivity contribution in [1.29, 1.82) is 0 Å². The number of hydrogen-bond acceptors (Lipinski definition) is 0. The van der Waals surface area contributed by atoms with Crippen LogP contribution in [0, 0.1) is 10.4 Å². The summed E-state index contributed by atoms with van der Waals surface area (Å²) in [7, 11) is 0. The second kappa shape index (κ2) is 3.01. The second-order valence-corrected chi connectivity index (χ2v) is 3.25. The van der Waals surface area contributed by atoms with E-state index in [9.17, 15) is 0 Å². The third-order valence-electron chi connectivity index (χ3n) is 0.736. The van der Waals surface area contributed by atoms with Crippen molar-refractivity contribution in [2.24, 2.45) is 0 Å². The van der Waals surface area contributed by atoms with Gasteiger partial charge in [0.15, 0.2) is 0 Å². The lowest BCUT2D eigenvalue weighted by molar-refractivity contribution is 1.41. The minimum Gasteiger partial charge on any atom is -0.0571 e. The molecule has 2 heteroatoms. The maximum atomic E-state index is 7.59. The molecule has 0 nitrogen and oxygen atoms in total. The fourth-order valence-corrected chi connectivity index (χ4v) is 1.43. The van der Waals surface area contributed by atoms with E-state index in [0.717, 1.165) is 0 Å². The van der Waals surface area contributed by atoms with Crippen LogP contribution in [0.1, 0.15) is 13.8 Å². The van der Waals surface area contributed by atoms with E-state index < -0.39 is 6.85 Å². The Morgan fingerprint density at radius 1 is 1.78 bits per heavy atom. The van der Waals surface area contributed by atoms with Crippen LogP contribution < -0.4 is 0 Å². The average molecular weight is 303 g/mol. The van der Waals surface area contributed by atoms with E-state index in [1.807, 2.05) is 0 Å². The first-order valence-corrected chi connectivity index (χ1v) is 4.00. The van der Waals surface area contributed by atoms with Crippen molar-refractivity contribution < 1.29 is 8.22 Å². The molecule has 0 N–H and O–H groups in total. The zero-order valence-electron chi connectivity index (χ0n) is 10.3. The van der Waals surface area contributed by atoms with Crippen LogP contribution in [0.15, 0.2) is 22.6 Å². The van der Waals surface area contributed by atoms with Gasteiger partial charge in [-0.05, 0) is 47.1 Å². The molecule has 48 valence electrons. The normalized spacial score (nSPS) is 20.7. The Balaban J connectivity index is 3.68. The van der Waals surface area contributed by atoms with Gasteiger partial charge in [-0.25, -0.2) is 0 Å². The summed E-state index contributed by atoms with van der Waals surface area (Å²) >= 11 is 4.72. The lowest BCUT2D eigenvalue weighted by Gasteiger charge is -1.95. The van der Waals surface area contributed by atoms with Crippen molar-refractivity contribution in [1.82, 2.24) is 0 Å². The molecule has 0 spiro atoms. The van der Waals surface area contributed by atoms with Crippen LogP contribution in [0.3, 0.4) is 0 Å². The molecule has 0 saturated heterocycles. The van der Waals surface area contributed by atoms with Gasteiger partial charge in [-0.3, -0.25) is 0 Å². The van der Waals surface area contributed by atoms with Crippen molar-refractivity contribution in [3.05, 3.63) is 31.7 Å². The minimum absolute atomic E-state index is 0.0530. The largest absolute Gasteiger partial charge is 0.0646 e. The Morgan fingerprint density at radius 2 is 2.56 bits per heavy atom. The summed E-state index contributed by atoms with van der Waals surface area (Å²) in [6, 6.07) is -0.656. The van der Waals surface area contributed by atoms with Gasteiger partial charge in [-0.2, -0.15) is 0 Å². The lowest BCUT2D eigenvalue weighted by Crippen LogP contribution is -1.76. The molecule has 0 fully saturated rings. The van der Waals surface area contributed by atoms with E-state index in [1.165, 1.54) is 0 Å². The summed E-state index contributed by atoms with van der Waals surface area (Å²) < 4.78 is 44.7. The first-order valence-electron chi connectivity index (χ1n) is 5.13. The third-order valence-corrected chi connectivity index (χ3v) is 1.94.